The summed E-state index contributed by atoms with van der Waals surface area (Å²) in [5.74, 6) is 7.43. The molecular formula is C21H25ClN4O2S2. The monoisotopic (exact) mass is 464 g/mol. The topological polar surface area (TPSA) is 67.4 Å². The van der Waals surface area contributed by atoms with E-state index in [1.54, 1.807) is 24.3 Å². The molecule has 1 aliphatic heterocycles. The number of likely N-dealkylation sites (tertiary alicyclic amines) is 1. The number of amides is 1. The molecule has 1 aromatic heterocycles. The first-order valence-electron chi connectivity index (χ1n) is 9.87. The molecule has 30 heavy (non-hydrogen) atoms. The number of rotatable bonds is 7. The van der Waals surface area contributed by atoms with Gasteiger partial charge in [0.1, 0.15) is 5.75 Å². The van der Waals surface area contributed by atoms with Crippen molar-refractivity contribution in [3.05, 3.63) is 29.3 Å². The third-order valence-electron chi connectivity index (χ3n) is 4.87. The van der Waals surface area contributed by atoms with Crippen LogP contribution >= 0.6 is 34.7 Å². The maximum absolute atomic E-state index is 12.0. The van der Waals surface area contributed by atoms with Crippen molar-refractivity contribution in [1.82, 2.24) is 15.1 Å². The number of carbonyl (C=O) groups is 1. The van der Waals surface area contributed by atoms with Gasteiger partial charge >= 0.3 is 0 Å². The average Bonchev–Trinajstić information content (AvgIpc) is 3.16. The lowest BCUT2D eigenvalue weighted by atomic mass is 9.98. The lowest BCUT2D eigenvalue weighted by Gasteiger charge is -2.37. The standard InChI is InChI=1S/C21H25ClN4O2S2/c1-15-6-5-7-16(2)26(15)12-3-4-13-29-21-25-24-20(30-21)23-19(27)14-28-18-10-8-17(22)9-11-18/h8-11,15-16H,5-7,12-14H2,1-2H3,(H,23,24,27). The molecule has 1 fully saturated rings. The van der Waals surface area contributed by atoms with E-state index in [1.807, 2.05) is 0 Å². The van der Waals surface area contributed by atoms with Crippen molar-refractivity contribution in [2.45, 2.75) is 49.5 Å². The summed E-state index contributed by atoms with van der Waals surface area (Å²) in [4.78, 5) is 14.5. The average molecular weight is 465 g/mol. The van der Waals surface area contributed by atoms with Crippen LogP contribution in [0.25, 0.3) is 0 Å². The fourth-order valence-corrected chi connectivity index (χ4v) is 4.90. The number of anilines is 1. The van der Waals surface area contributed by atoms with Gasteiger partial charge in [0, 0.05) is 17.1 Å². The first kappa shape index (κ1) is 22.9. The summed E-state index contributed by atoms with van der Waals surface area (Å²) in [5, 5.41) is 11.9. The smallest absolute Gasteiger partial charge is 0.264 e. The third kappa shape index (κ3) is 7.17. The maximum atomic E-state index is 12.0. The number of ether oxygens (including phenoxy) is 1. The Morgan fingerprint density at radius 2 is 2.00 bits per heavy atom. The minimum atomic E-state index is -0.290. The van der Waals surface area contributed by atoms with Gasteiger partial charge in [-0.25, -0.2) is 0 Å². The number of aromatic nitrogens is 2. The highest BCUT2D eigenvalue weighted by Crippen LogP contribution is 2.25. The first-order chi connectivity index (χ1) is 14.5. The number of nitrogens with one attached hydrogen (secondary N) is 1. The molecule has 3 rings (SSSR count). The van der Waals surface area contributed by atoms with E-state index in [9.17, 15) is 4.79 Å². The van der Waals surface area contributed by atoms with E-state index in [-0.39, 0.29) is 12.5 Å². The van der Waals surface area contributed by atoms with E-state index >= 15 is 0 Å². The van der Waals surface area contributed by atoms with Gasteiger partial charge in [-0.05, 0) is 51.0 Å². The van der Waals surface area contributed by atoms with E-state index < -0.39 is 0 Å². The van der Waals surface area contributed by atoms with Crippen LogP contribution in [0.1, 0.15) is 33.1 Å². The molecule has 2 atom stereocenters. The van der Waals surface area contributed by atoms with Crippen LogP contribution in [0.3, 0.4) is 0 Å². The fourth-order valence-electron chi connectivity index (χ4n) is 3.24. The second-order valence-corrected chi connectivity index (χ2v) is 9.74. The van der Waals surface area contributed by atoms with Crippen molar-refractivity contribution >= 4 is 45.7 Å². The molecule has 1 saturated heterocycles. The van der Waals surface area contributed by atoms with Gasteiger partial charge in [0.2, 0.25) is 5.13 Å². The van der Waals surface area contributed by atoms with Crippen molar-refractivity contribution in [2.24, 2.45) is 0 Å². The van der Waals surface area contributed by atoms with Crippen molar-refractivity contribution < 1.29 is 9.53 Å². The number of hydrogen-bond donors (Lipinski definition) is 1. The van der Waals surface area contributed by atoms with E-state index in [0.29, 0.717) is 33.7 Å². The molecule has 2 aromatic rings. The molecular weight excluding hydrogens is 440 g/mol. The van der Waals surface area contributed by atoms with Crippen LogP contribution in [-0.4, -0.2) is 52.0 Å². The van der Waals surface area contributed by atoms with E-state index in [1.165, 1.54) is 42.4 Å². The van der Waals surface area contributed by atoms with Gasteiger partial charge < -0.3 is 4.74 Å². The van der Waals surface area contributed by atoms with Crippen molar-refractivity contribution in [2.75, 3.05) is 24.2 Å². The van der Waals surface area contributed by atoms with Crippen molar-refractivity contribution in [1.29, 1.82) is 0 Å². The Labute approximate surface area is 190 Å². The molecule has 2 unspecified atom stereocenters. The molecule has 6 nitrogen and oxygen atoms in total. The van der Waals surface area contributed by atoms with Gasteiger partial charge in [-0.2, -0.15) is 0 Å². The molecule has 1 amide bonds. The van der Waals surface area contributed by atoms with Gasteiger partial charge in [-0.1, -0.05) is 53.0 Å². The second kappa shape index (κ2) is 11.6. The summed E-state index contributed by atoms with van der Waals surface area (Å²) in [6.07, 6.45) is 3.82. The minimum Gasteiger partial charge on any atom is -0.484 e. The Kier molecular flexibility index (Phi) is 8.82. The van der Waals surface area contributed by atoms with Crippen LogP contribution in [0.4, 0.5) is 5.13 Å². The summed E-state index contributed by atoms with van der Waals surface area (Å²) < 4.78 is 6.19. The van der Waals surface area contributed by atoms with Gasteiger partial charge in [0.15, 0.2) is 10.9 Å². The molecule has 160 valence electrons. The Morgan fingerprint density at radius 3 is 2.73 bits per heavy atom. The van der Waals surface area contributed by atoms with Crippen molar-refractivity contribution in [3.63, 3.8) is 0 Å². The Balaban J connectivity index is 1.37. The summed E-state index contributed by atoms with van der Waals surface area (Å²) in [5.41, 5.74) is 0. The van der Waals surface area contributed by atoms with Gasteiger partial charge in [0.05, 0.1) is 12.3 Å². The highest BCUT2D eigenvalue weighted by Gasteiger charge is 2.23. The van der Waals surface area contributed by atoms with Crippen LogP contribution in [0.5, 0.6) is 5.75 Å². The van der Waals surface area contributed by atoms with E-state index in [0.717, 1.165) is 10.9 Å². The molecule has 0 bridgehead atoms. The number of benzene rings is 1. The zero-order chi connectivity index (χ0) is 21.3. The Hall–Kier alpha value is -1.79. The third-order valence-corrected chi connectivity index (χ3v) is 6.97. The number of thioether (sulfide) groups is 1. The molecule has 0 radical (unpaired) electrons. The minimum absolute atomic E-state index is 0.109. The molecule has 0 saturated carbocycles. The number of carbonyl (C=O) groups excluding carboxylic acids is 1. The molecule has 9 heteroatoms. The quantitative estimate of drug-likeness (QED) is 0.368. The summed E-state index contributed by atoms with van der Waals surface area (Å²) >= 11 is 8.68. The molecule has 1 aliphatic rings. The molecule has 1 aromatic carbocycles. The van der Waals surface area contributed by atoms with Gasteiger partial charge in [-0.15, -0.1) is 10.2 Å². The van der Waals surface area contributed by atoms with Gasteiger partial charge in [-0.3, -0.25) is 15.0 Å². The highest BCUT2D eigenvalue weighted by molar-refractivity contribution is 8.01. The van der Waals surface area contributed by atoms with Crippen LogP contribution in [0.2, 0.25) is 5.02 Å². The van der Waals surface area contributed by atoms with Crippen LogP contribution in [-0.2, 0) is 4.79 Å². The molecule has 0 spiro atoms. The molecule has 0 aliphatic carbocycles. The largest absolute Gasteiger partial charge is 0.484 e. The van der Waals surface area contributed by atoms with Crippen molar-refractivity contribution in [3.8, 4) is 17.6 Å². The second-order valence-electron chi connectivity index (χ2n) is 7.11. The van der Waals surface area contributed by atoms with Crippen LogP contribution in [0, 0.1) is 11.8 Å². The highest BCUT2D eigenvalue weighted by atomic mass is 35.5. The number of halogens is 1. The predicted octanol–water partition coefficient (Wildman–Crippen LogP) is 4.57. The fraction of sp³-hybridized carbons (Fsp3) is 0.476. The Morgan fingerprint density at radius 1 is 1.27 bits per heavy atom. The van der Waals surface area contributed by atoms with E-state index in [4.69, 9.17) is 16.3 Å². The summed E-state index contributed by atoms with van der Waals surface area (Å²) in [6.45, 7) is 5.27. The van der Waals surface area contributed by atoms with Gasteiger partial charge in [0.25, 0.3) is 5.91 Å². The first-order valence-corrected chi connectivity index (χ1v) is 12.1. The Bertz CT molecular complexity index is 884. The molecule has 1 N–H and O–H groups in total. The summed E-state index contributed by atoms with van der Waals surface area (Å²) in [6, 6.07) is 8.05. The number of nitrogens with zero attached hydrogens (tertiary/aromatic N) is 3. The normalized spacial score (nSPS) is 19.0. The van der Waals surface area contributed by atoms with E-state index in [2.05, 4.69) is 46.1 Å². The number of hydrogen-bond acceptors (Lipinski definition) is 7. The number of piperidine rings is 1. The molecule has 2 heterocycles. The summed E-state index contributed by atoms with van der Waals surface area (Å²) in [7, 11) is 0. The predicted molar refractivity (Wildman–Crippen MR) is 123 cm³/mol. The lowest BCUT2D eigenvalue weighted by Crippen LogP contribution is -2.43. The zero-order valence-corrected chi connectivity index (χ0v) is 19.4. The SMILES string of the molecule is CC1CCCC(C)N1CC#CCSc1nnc(NC(=O)COc2ccc(Cl)cc2)s1. The van der Waals surface area contributed by atoms with Crippen LogP contribution in [0.15, 0.2) is 28.6 Å². The maximum Gasteiger partial charge on any atom is 0.264 e. The zero-order valence-electron chi connectivity index (χ0n) is 17.1. The van der Waals surface area contributed by atoms with Crippen LogP contribution < -0.4 is 10.1 Å². The lowest BCUT2D eigenvalue weighted by molar-refractivity contribution is -0.118.